The molecule has 0 bridgehead atoms. The third kappa shape index (κ3) is 3.09. The second-order valence-electron chi connectivity index (χ2n) is 4.47. The average molecular weight is 344 g/mol. The highest BCUT2D eigenvalue weighted by atomic mass is 35.5. The first kappa shape index (κ1) is 14.5. The van der Waals surface area contributed by atoms with Crippen molar-refractivity contribution < 1.29 is 4.79 Å². The van der Waals surface area contributed by atoms with Gasteiger partial charge in [0.1, 0.15) is 0 Å². The van der Waals surface area contributed by atoms with Crippen LogP contribution in [0.25, 0.3) is 0 Å². The van der Waals surface area contributed by atoms with Crippen molar-refractivity contribution in [3.8, 4) is 0 Å². The molecule has 0 spiro atoms. The van der Waals surface area contributed by atoms with Gasteiger partial charge in [0.05, 0.1) is 5.56 Å². The van der Waals surface area contributed by atoms with Gasteiger partial charge in [-0.25, -0.2) is 4.98 Å². The second kappa shape index (κ2) is 6.13. The Balaban J connectivity index is 1.69. The number of aromatic nitrogens is 3. The fourth-order valence-corrected chi connectivity index (χ4v) is 3.16. The lowest BCUT2D eigenvalue weighted by Gasteiger charge is -2.34. The first-order valence-corrected chi connectivity index (χ1v) is 7.91. The second-order valence-corrected chi connectivity index (χ2v) is 6.08. The molecular weight excluding hydrogens is 333 g/mol. The fourth-order valence-electron chi connectivity index (χ4n) is 2.15. The summed E-state index contributed by atoms with van der Waals surface area (Å²) in [7, 11) is 0. The summed E-state index contributed by atoms with van der Waals surface area (Å²) in [5, 5.41) is 10.4. The van der Waals surface area contributed by atoms with Crippen LogP contribution >= 0.6 is 34.5 Å². The summed E-state index contributed by atoms with van der Waals surface area (Å²) in [6.07, 6.45) is 1.78. The number of halogens is 2. The van der Waals surface area contributed by atoms with Crippen molar-refractivity contribution in [2.75, 3.05) is 31.1 Å². The number of piperazine rings is 1. The molecule has 2 aromatic heterocycles. The number of rotatable bonds is 2. The molecule has 0 aliphatic carbocycles. The minimum absolute atomic E-state index is 0.0757. The minimum atomic E-state index is -0.171. The maximum absolute atomic E-state index is 12.4. The van der Waals surface area contributed by atoms with Gasteiger partial charge in [0.2, 0.25) is 0 Å². The van der Waals surface area contributed by atoms with Crippen molar-refractivity contribution in [1.29, 1.82) is 0 Å². The topological polar surface area (TPSA) is 62.2 Å². The van der Waals surface area contributed by atoms with E-state index >= 15 is 0 Å². The molecule has 0 radical (unpaired) electrons. The van der Waals surface area contributed by atoms with Gasteiger partial charge in [-0.15, -0.1) is 21.5 Å². The fraction of sp³-hybridized carbons (Fsp3) is 0.333. The number of anilines is 1. The summed E-state index contributed by atoms with van der Waals surface area (Å²) in [5.74, 6) is -0.171. The van der Waals surface area contributed by atoms with E-state index in [1.807, 2.05) is 5.38 Å². The van der Waals surface area contributed by atoms with E-state index in [-0.39, 0.29) is 16.2 Å². The predicted molar refractivity (Wildman–Crippen MR) is 82.3 cm³/mol. The molecule has 0 aromatic carbocycles. The summed E-state index contributed by atoms with van der Waals surface area (Å²) in [5.41, 5.74) is 0.291. The van der Waals surface area contributed by atoms with E-state index in [0.29, 0.717) is 18.7 Å². The van der Waals surface area contributed by atoms with Gasteiger partial charge < -0.3 is 9.80 Å². The molecule has 3 rings (SSSR count). The van der Waals surface area contributed by atoms with E-state index in [1.54, 1.807) is 22.4 Å². The van der Waals surface area contributed by atoms with E-state index in [9.17, 15) is 4.79 Å². The van der Waals surface area contributed by atoms with Crippen LogP contribution in [-0.4, -0.2) is 52.2 Å². The van der Waals surface area contributed by atoms with Gasteiger partial charge in [-0.1, -0.05) is 23.2 Å². The number of thiazole rings is 1. The number of amides is 1. The Kier molecular flexibility index (Phi) is 4.23. The lowest BCUT2D eigenvalue weighted by molar-refractivity contribution is 0.0746. The Morgan fingerprint density at radius 2 is 1.95 bits per heavy atom. The van der Waals surface area contributed by atoms with Crippen molar-refractivity contribution >= 4 is 45.6 Å². The molecule has 0 saturated carbocycles. The zero-order valence-electron chi connectivity index (χ0n) is 10.9. The number of hydrogen-bond acceptors (Lipinski definition) is 6. The highest BCUT2D eigenvalue weighted by Gasteiger charge is 2.25. The maximum atomic E-state index is 12.4. The number of nitrogens with zero attached hydrogens (tertiary/aromatic N) is 5. The summed E-state index contributed by atoms with van der Waals surface area (Å²) >= 11 is 13.3. The number of hydrogen-bond donors (Lipinski definition) is 0. The number of carbonyl (C=O) groups excluding carboxylic acids is 1. The monoisotopic (exact) mass is 343 g/mol. The molecule has 0 atom stereocenters. The van der Waals surface area contributed by atoms with Gasteiger partial charge in [-0.3, -0.25) is 4.79 Å². The molecule has 0 N–H and O–H groups in total. The minimum Gasteiger partial charge on any atom is -0.345 e. The van der Waals surface area contributed by atoms with E-state index in [4.69, 9.17) is 23.2 Å². The predicted octanol–water partition coefficient (Wildman–Crippen LogP) is 2.20. The Morgan fingerprint density at radius 3 is 2.62 bits per heavy atom. The molecule has 1 saturated heterocycles. The first-order valence-electron chi connectivity index (χ1n) is 6.27. The largest absolute Gasteiger partial charge is 0.345 e. The zero-order chi connectivity index (χ0) is 14.8. The van der Waals surface area contributed by atoms with Crippen LogP contribution in [0.5, 0.6) is 0 Å². The van der Waals surface area contributed by atoms with Crippen molar-refractivity contribution in [1.82, 2.24) is 20.1 Å². The average Bonchev–Trinajstić information content (AvgIpc) is 3.03. The molecule has 0 unspecified atom stereocenters. The highest BCUT2D eigenvalue weighted by molar-refractivity contribution is 7.13. The molecule has 2 aromatic rings. The van der Waals surface area contributed by atoms with E-state index in [0.717, 1.165) is 18.2 Å². The van der Waals surface area contributed by atoms with Crippen molar-refractivity contribution in [2.24, 2.45) is 0 Å². The van der Waals surface area contributed by atoms with Gasteiger partial charge in [0, 0.05) is 37.8 Å². The van der Waals surface area contributed by atoms with Crippen LogP contribution in [0.1, 0.15) is 10.4 Å². The standard InChI is InChI=1S/C12H11Cl2N5OS/c13-9-7-8(10(14)17-16-9)11(20)18-2-4-19(5-3-18)12-15-1-6-21-12/h1,6-7H,2-5H2. The van der Waals surface area contributed by atoms with Crippen molar-refractivity contribution in [3.63, 3.8) is 0 Å². The molecule has 21 heavy (non-hydrogen) atoms. The summed E-state index contributed by atoms with van der Waals surface area (Å²) in [6.45, 7) is 2.69. The normalized spacial score (nSPS) is 15.3. The lowest BCUT2D eigenvalue weighted by Crippen LogP contribution is -2.48. The summed E-state index contributed by atoms with van der Waals surface area (Å²) in [6, 6.07) is 1.45. The molecule has 9 heteroatoms. The molecule has 1 aliphatic heterocycles. The Bertz CT molecular complexity index is 643. The molecule has 3 heterocycles. The molecule has 1 fully saturated rings. The summed E-state index contributed by atoms with van der Waals surface area (Å²) in [4.78, 5) is 20.6. The Labute approximate surface area is 135 Å². The SMILES string of the molecule is O=C(c1cc(Cl)nnc1Cl)N1CCN(c2nccs2)CC1. The number of carbonyl (C=O) groups is 1. The molecule has 1 amide bonds. The Hall–Kier alpha value is -1.44. The van der Waals surface area contributed by atoms with Crippen molar-refractivity contribution in [3.05, 3.63) is 33.5 Å². The van der Waals surface area contributed by atoms with Crippen LogP contribution in [0, 0.1) is 0 Å². The maximum Gasteiger partial charge on any atom is 0.257 e. The highest BCUT2D eigenvalue weighted by Crippen LogP contribution is 2.21. The Morgan fingerprint density at radius 1 is 1.19 bits per heavy atom. The van der Waals surface area contributed by atoms with Crippen LogP contribution in [0.2, 0.25) is 10.3 Å². The first-order chi connectivity index (χ1) is 10.1. The zero-order valence-corrected chi connectivity index (χ0v) is 13.2. The smallest absolute Gasteiger partial charge is 0.257 e. The van der Waals surface area contributed by atoms with Gasteiger partial charge >= 0.3 is 0 Å². The third-order valence-corrected chi connectivity index (χ3v) is 4.50. The van der Waals surface area contributed by atoms with Crippen LogP contribution in [0.3, 0.4) is 0 Å². The van der Waals surface area contributed by atoms with Gasteiger partial charge in [0.15, 0.2) is 15.4 Å². The lowest BCUT2D eigenvalue weighted by atomic mass is 10.2. The molecule has 110 valence electrons. The van der Waals surface area contributed by atoms with E-state index in [2.05, 4.69) is 20.1 Å². The molecule has 1 aliphatic rings. The van der Waals surface area contributed by atoms with Gasteiger partial charge in [-0.2, -0.15) is 0 Å². The van der Waals surface area contributed by atoms with Crippen molar-refractivity contribution in [2.45, 2.75) is 0 Å². The van der Waals surface area contributed by atoms with Gasteiger partial charge in [-0.05, 0) is 6.07 Å². The van der Waals surface area contributed by atoms with Gasteiger partial charge in [0.25, 0.3) is 5.91 Å². The van der Waals surface area contributed by atoms with Crippen LogP contribution in [0.15, 0.2) is 17.6 Å². The molecule has 6 nitrogen and oxygen atoms in total. The summed E-state index contributed by atoms with van der Waals surface area (Å²) < 4.78 is 0. The van der Waals surface area contributed by atoms with Crippen LogP contribution < -0.4 is 4.90 Å². The van der Waals surface area contributed by atoms with Crippen LogP contribution in [0.4, 0.5) is 5.13 Å². The quantitative estimate of drug-likeness (QED) is 0.836. The van der Waals surface area contributed by atoms with E-state index in [1.165, 1.54) is 6.07 Å². The third-order valence-electron chi connectivity index (χ3n) is 3.21. The molecular formula is C12H11Cl2N5OS. The van der Waals surface area contributed by atoms with Crippen LogP contribution in [-0.2, 0) is 0 Å². The van der Waals surface area contributed by atoms with E-state index < -0.39 is 0 Å².